The Labute approximate surface area is 92.5 Å². The molecule has 0 bridgehead atoms. The van der Waals surface area contributed by atoms with Gasteiger partial charge in [0.25, 0.3) is 0 Å². The van der Waals surface area contributed by atoms with Crippen molar-refractivity contribution in [3.8, 4) is 0 Å². The van der Waals surface area contributed by atoms with Gasteiger partial charge in [0.1, 0.15) is 0 Å². The third-order valence-corrected chi connectivity index (χ3v) is 2.82. The lowest BCUT2D eigenvalue weighted by Gasteiger charge is -2.32. The molecule has 0 saturated carbocycles. The van der Waals surface area contributed by atoms with E-state index in [0.29, 0.717) is 0 Å². The molecule has 84 valence electrons. The largest absolute Gasteiger partial charge is 0.311 e. The summed E-state index contributed by atoms with van der Waals surface area (Å²) in [6.07, 6.45) is 3.70. The number of rotatable bonds is 5. The summed E-state index contributed by atoms with van der Waals surface area (Å²) < 4.78 is 0. The highest BCUT2D eigenvalue weighted by Crippen LogP contribution is 2.08. The van der Waals surface area contributed by atoms with Crippen LogP contribution in [0.2, 0.25) is 0 Å². The van der Waals surface area contributed by atoms with Gasteiger partial charge in [-0.2, -0.15) is 0 Å². The van der Waals surface area contributed by atoms with Crippen molar-refractivity contribution in [1.29, 1.82) is 0 Å². The molecule has 0 spiro atoms. The van der Waals surface area contributed by atoms with Crippen LogP contribution in [0, 0.1) is 0 Å². The van der Waals surface area contributed by atoms with Gasteiger partial charge in [0.15, 0.2) is 0 Å². The SMILES string of the molecule is CN(C)C(C)(C)CNCc1cccnc1. The molecular weight excluding hydrogens is 186 g/mol. The van der Waals surface area contributed by atoms with E-state index in [2.05, 4.69) is 49.2 Å². The zero-order valence-corrected chi connectivity index (χ0v) is 10.1. The summed E-state index contributed by atoms with van der Waals surface area (Å²) >= 11 is 0. The Kier molecular flexibility index (Phi) is 4.24. The van der Waals surface area contributed by atoms with Crippen molar-refractivity contribution in [1.82, 2.24) is 15.2 Å². The maximum absolute atomic E-state index is 4.08. The third kappa shape index (κ3) is 3.98. The van der Waals surface area contributed by atoms with E-state index in [4.69, 9.17) is 0 Å². The highest BCUT2D eigenvalue weighted by atomic mass is 15.2. The molecule has 0 atom stereocenters. The lowest BCUT2D eigenvalue weighted by molar-refractivity contribution is 0.190. The van der Waals surface area contributed by atoms with Gasteiger partial charge in [0, 0.05) is 31.0 Å². The standard InChI is InChI=1S/C12H21N3/c1-12(2,15(3)4)10-14-9-11-6-5-7-13-8-11/h5-8,14H,9-10H2,1-4H3. The van der Waals surface area contributed by atoms with E-state index in [1.54, 1.807) is 6.20 Å². The van der Waals surface area contributed by atoms with E-state index < -0.39 is 0 Å². The van der Waals surface area contributed by atoms with E-state index in [9.17, 15) is 0 Å². The molecule has 0 amide bonds. The maximum atomic E-state index is 4.08. The number of likely N-dealkylation sites (N-methyl/N-ethyl adjacent to an activating group) is 1. The topological polar surface area (TPSA) is 28.2 Å². The molecule has 0 fully saturated rings. The third-order valence-electron chi connectivity index (χ3n) is 2.82. The van der Waals surface area contributed by atoms with Crippen molar-refractivity contribution < 1.29 is 0 Å². The Balaban J connectivity index is 2.34. The summed E-state index contributed by atoms with van der Waals surface area (Å²) in [5.74, 6) is 0. The van der Waals surface area contributed by atoms with E-state index in [0.717, 1.165) is 13.1 Å². The summed E-state index contributed by atoms with van der Waals surface area (Å²) in [5, 5.41) is 3.44. The van der Waals surface area contributed by atoms with Crippen LogP contribution >= 0.6 is 0 Å². The first kappa shape index (κ1) is 12.1. The van der Waals surface area contributed by atoms with Crippen LogP contribution < -0.4 is 5.32 Å². The van der Waals surface area contributed by atoms with Gasteiger partial charge in [0.2, 0.25) is 0 Å². The smallest absolute Gasteiger partial charge is 0.0312 e. The summed E-state index contributed by atoms with van der Waals surface area (Å²) in [4.78, 5) is 6.31. The molecule has 0 aliphatic rings. The molecule has 3 heteroatoms. The average molecular weight is 207 g/mol. The maximum Gasteiger partial charge on any atom is 0.0312 e. The highest BCUT2D eigenvalue weighted by molar-refractivity contribution is 5.07. The van der Waals surface area contributed by atoms with Gasteiger partial charge in [-0.25, -0.2) is 0 Å². The van der Waals surface area contributed by atoms with Crippen molar-refractivity contribution in [3.63, 3.8) is 0 Å². The van der Waals surface area contributed by atoms with Crippen LogP contribution in [0.5, 0.6) is 0 Å². The first-order chi connectivity index (χ1) is 7.02. The quantitative estimate of drug-likeness (QED) is 0.793. The van der Waals surface area contributed by atoms with Gasteiger partial charge in [-0.1, -0.05) is 6.07 Å². The summed E-state index contributed by atoms with van der Waals surface area (Å²) in [7, 11) is 4.21. The van der Waals surface area contributed by atoms with Crippen LogP contribution in [-0.4, -0.2) is 36.1 Å². The predicted octanol–water partition coefficient (Wildman–Crippen LogP) is 1.51. The van der Waals surface area contributed by atoms with Gasteiger partial charge in [-0.05, 0) is 39.6 Å². The zero-order chi connectivity index (χ0) is 11.3. The molecule has 1 rings (SSSR count). The Hall–Kier alpha value is -0.930. The van der Waals surface area contributed by atoms with Gasteiger partial charge in [-0.3, -0.25) is 4.98 Å². The fourth-order valence-corrected chi connectivity index (χ4v) is 1.17. The average Bonchev–Trinajstić information content (AvgIpc) is 2.19. The molecular formula is C12H21N3. The first-order valence-electron chi connectivity index (χ1n) is 5.29. The van der Waals surface area contributed by atoms with Crippen LogP contribution in [0.3, 0.4) is 0 Å². The lowest BCUT2D eigenvalue weighted by atomic mass is 10.0. The molecule has 0 saturated heterocycles. The van der Waals surface area contributed by atoms with E-state index in [-0.39, 0.29) is 5.54 Å². The zero-order valence-electron chi connectivity index (χ0n) is 10.1. The van der Waals surface area contributed by atoms with Crippen molar-refractivity contribution in [2.45, 2.75) is 25.9 Å². The summed E-state index contributed by atoms with van der Waals surface area (Å²) in [6, 6.07) is 4.05. The van der Waals surface area contributed by atoms with E-state index >= 15 is 0 Å². The minimum Gasteiger partial charge on any atom is -0.311 e. The van der Waals surface area contributed by atoms with E-state index in [1.165, 1.54) is 5.56 Å². The van der Waals surface area contributed by atoms with Gasteiger partial charge < -0.3 is 10.2 Å². The van der Waals surface area contributed by atoms with Gasteiger partial charge in [-0.15, -0.1) is 0 Å². The number of aromatic nitrogens is 1. The van der Waals surface area contributed by atoms with Gasteiger partial charge >= 0.3 is 0 Å². The normalized spacial score (nSPS) is 12.1. The fraction of sp³-hybridized carbons (Fsp3) is 0.583. The molecule has 1 aromatic rings. The van der Waals surface area contributed by atoms with Crippen LogP contribution in [-0.2, 0) is 6.54 Å². The second kappa shape index (κ2) is 5.24. The molecule has 0 aromatic carbocycles. The number of pyridine rings is 1. The minimum atomic E-state index is 0.183. The molecule has 0 unspecified atom stereocenters. The first-order valence-corrected chi connectivity index (χ1v) is 5.29. The molecule has 0 aliphatic heterocycles. The van der Waals surface area contributed by atoms with Crippen LogP contribution in [0.25, 0.3) is 0 Å². The number of nitrogens with zero attached hydrogens (tertiary/aromatic N) is 2. The Morgan fingerprint density at radius 1 is 1.40 bits per heavy atom. The van der Waals surface area contributed by atoms with Crippen molar-refractivity contribution in [2.75, 3.05) is 20.6 Å². The second-order valence-corrected chi connectivity index (χ2v) is 4.67. The molecule has 1 aromatic heterocycles. The highest BCUT2D eigenvalue weighted by Gasteiger charge is 2.19. The van der Waals surface area contributed by atoms with Crippen LogP contribution in [0.15, 0.2) is 24.5 Å². The molecule has 15 heavy (non-hydrogen) atoms. The second-order valence-electron chi connectivity index (χ2n) is 4.67. The predicted molar refractivity (Wildman–Crippen MR) is 63.7 cm³/mol. The minimum absolute atomic E-state index is 0.183. The summed E-state index contributed by atoms with van der Waals surface area (Å²) in [5.41, 5.74) is 1.41. The Bertz CT molecular complexity index is 280. The van der Waals surface area contributed by atoms with Gasteiger partial charge in [0.05, 0.1) is 0 Å². The molecule has 1 N–H and O–H groups in total. The Morgan fingerprint density at radius 2 is 2.13 bits per heavy atom. The molecule has 0 radical (unpaired) electrons. The lowest BCUT2D eigenvalue weighted by Crippen LogP contribution is -2.46. The number of hydrogen-bond acceptors (Lipinski definition) is 3. The monoisotopic (exact) mass is 207 g/mol. The van der Waals surface area contributed by atoms with Crippen LogP contribution in [0.1, 0.15) is 19.4 Å². The van der Waals surface area contributed by atoms with Crippen molar-refractivity contribution in [2.24, 2.45) is 0 Å². The molecule has 0 aliphatic carbocycles. The van der Waals surface area contributed by atoms with E-state index in [1.807, 2.05) is 12.3 Å². The van der Waals surface area contributed by atoms with Crippen molar-refractivity contribution in [3.05, 3.63) is 30.1 Å². The van der Waals surface area contributed by atoms with Crippen molar-refractivity contribution >= 4 is 0 Å². The number of hydrogen-bond donors (Lipinski definition) is 1. The molecule has 3 nitrogen and oxygen atoms in total. The van der Waals surface area contributed by atoms with Crippen LogP contribution in [0.4, 0.5) is 0 Å². The summed E-state index contributed by atoms with van der Waals surface area (Å²) in [6.45, 7) is 6.30. The molecule has 1 heterocycles. The Morgan fingerprint density at radius 3 is 2.67 bits per heavy atom. The fourth-order valence-electron chi connectivity index (χ4n) is 1.17. The number of nitrogens with one attached hydrogen (secondary N) is 1.